The van der Waals surface area contributed by atoms with E-state index in [0.29, 0.717) is 0 Å². The lowest BCUT2D eigenvalue weighted by atomic mass is 10.2. The number of thioether (sulfide) groups is 1. The topological polar surface area (TPSA) is 29.1 Å². The minimum absolute atomic E-state index is 0.00954. The fourth-order valence-corrected chi connectivity index (χ4v) is 0.831. The second kappa shape index (κ2) is 5.24. The van der Waals surface area contributed by atoms with Crippen molar-refractivity contribution in [3.05, 3.63) is 11.3 Å². The fraction of sp³-hybridized carbons (Fsp3) is 0.625. The smallest absolute Gasteiger partial charge is 0.282 e. The standard InChI is InChI=1S/C8H15NOS/c1-5-6(2)7(3)9-8(10)11-4/h5H2,1-4H3,(H,9,10)/b7-6+. The Kier molecular flexibility index (Phi) is 5.03. The minimum Gasteiger partial charge on any atom is -0.321 e. The highest BCUT2D eigenvalue weighted by Crippen LogP contribution is 2.05. The summed E-state index contributed by atoms with van der Waals surface area (Å²) in [5.41, 5.74) is 2.21. The van der Waals surface area contributed by atoms with E-state index in [1.807, 2.05) is 13.8 Å². The van der Waals surface area contributed by atoms with Gasteiger partial charge in [0.15, 0.2) is 0 Å². The second-order valence-electron chi connectivity index (χ2n) is 2.38. The number of hydrogen-bond donors (Lipinski definition) is 1. The maximum atomic E-state index is 10.9. The number of allylic oxidation sites excluding steroid dienone is 2. The molecule has 2 nitrogen and oxygen atoms in total. The predicted octanol–water partition coefficient (Wildman–Crippen LogP) is 2.76. The van der Waals surface area contributed by atoms with Crippen LogP contribution in [0.5, 0.6) is 0 Å². The van der Waals surface area contributed by atoms with Crippen LogP contribution in [0, 0.1) is 0 Å². The van der Waals surface area contributed by atoms with Gasteiger partial charge in [-0.15, -0.1) is 0 Å². The number of nitrogens with one attached hydrogen (secondary N) is 1. The van der Waals surface area contributed by atoms with Gasteiger partial charge in [-0.25, -0.2) is 0 Å². The van der Waals surface area contributed by atoms with E-state index in [2.05, 4.69) is 12.2 Å². The van der Waals surface area contributed by atoms with Gasteiger partial charge >= 0.3 is 0 Å². The summed E-state index contributed by atoms with van der Waals surface area (Å²) in [6.45, 7) is 6.02. The lowest BCUT2D eigenvalue weighted by Gasteiger charge is -2.05. The first-order chi connectivity index (χ1) is 5.11. The number of carbonyl (C=O) groups is 1. The van der Waals surface area contributed by atoms with Crippen LogP contribution in [0.15, 0.2) is 11.3 Å². The predicted molar refractivity (Wildman–Crippen MR) is 50.7 cm³/mol. The number of rotatable bonds is 2. The average molecular weight is 173 g/mol. The molecule has 0 saturated carbocycles. The maximum absolute atomic E-state index is 10.9. The van der Waals surface area contributed by atoms with Gasteiger partial charge in [0, 0.05) is 5.70 Å². The van der Waals surface area contributed by atoms with E-state index in [0.717, 1.165) is 12.1 Å². The first-order valence-electron chi connectivity index (χ1n) is 3.63. The van der Waals surface area contributed by atoms with Crippen LogP contribution < -0.4 is 5.32 Å². The average Bonchev–Trinajstić information content (AvgIpc) is 2.02. The summed E-state index contributed by atoms with van der Waals surface area (Å²) >= 11 is 1.20. The zero-order chi connectivity index (χ0) is 8.85. The molecule has 0 fully saturated rings. The second-order valence-corrected chi connectivity index (χ2v) is 3.15. The molecular weight excluding hydrogens is 158 g/mol. The van der Waals surface area contributed by atoms with Crippen LogP contribution in [0.25, 0.3) is 0 Å². The third kappa shape index (κ3) is 4.09. The van der Waals surface area contributed by atoms with Gasteiger partial charge < -0.3 is 5.32 Å². The van der Waals surface area contributed by atoms with Gasteiger partial charge in [0.1, 0.15) is 0 Å². The van der Waals surface area contributed by atoms with E-state index in [9.17, 15) is 4.79 Å². The van der Waals surface area contributed by atoms with Crippen molar-refractivity contribution in [3.8, 4) is 0 Å². The Morgan fingerprint density at radius 2 is 2.00 bits per heavy atom. The summed E-state index contributed by atoms with van der Waals surface area (Å²) in [7, 11) is 0. The van der Waals surface area contributed by atoms with Gasteiger partial charge in [0.2, 0.25) is 0 Å². The van der Waals surface area contributed by atoms with E-state index in [1.165, 1.54) is 17.3 Å². The van der Waals surface area contributed by atoms with E-state index in [1.54, 1.807) is 6.26 Å². The zero-order valence-electron chi connectivity index (χ0n) is 7.52. The van der Waals surface area contributed by atoms with Gasteiger partial charge in [-0.05, 0) is 26.5 Å². The SMILES string of the molecule is CC/C(C)=C(\C)NC(=O)SC. The largest absolute Gasteiger partial charge is 0.321 e. The van der Waals surface area contributed by atoms with Crippen molar-refractivity contribution in [1.82, 2.24) is 5.32 Å². The summed E-state index contributed by atoms with van der Waals surface area (Å²) in [6, 6.07) is 0. The Bertz CT molecular complexity index is 175. The first-order valence-corrected chi connectivity index (χ1v) is 4.85. The molecule has 0 aliphatic heterocycles. The highest BCUT2D eigenvalue weighted by Gasteiger charge is 1.99. The van der Waals surface area contributed by atoms with Crippen LogP contribution in [-0.2, 0) is 0 Å². The van der Waals surface area contributed by atoms with Crippen molar-refractivity contribution in [1.29, 1.82) is 0 Å². The van der Waals surface area contributed by atoms with Crippen LogP contribution in [-0.4, -0.2) is 11.5 Å². The lowest BCUT2D eigenvalue weighted by Crippen LogP contribution is -2.16. The van der Waals surface area contributed by atoms with Gasteiger partial charge in [-0.3, -0.25) is 4.79 Å². The molecule has 0 unspecified atom stereocenters. The molecule has 0 aliphatic carbocycles. The Morgan fingerprint density at radius 1 is 1.45 bits per heavy atom. The number of amides is 1. The highest BCUT2D eigenvalue weighted by molar-refractivity contribution is 8.12. The molecule has 3 heteroatoms. The molecular formula is C8H15NOS. The molecule has 0 spiro atoms. The van der Waals surface area contributed by atoms with Crippen LogP contribution in [0.2, 0.25) is 0 Å². The van der Waals surface area contributed by atoms with Crippen molar-refractivity contribution >= 4 is 17.0 Å². The fourth-order valence-electron chi connectivity index (χ4n) is 0.576. The van der Waals surface area contributed by atoms with Gasteiger partial charge in [-0.2, -0.15) is 0 Å². The lowest BCUT2D eigenvalue weighted by molar-refractivity contribution is 0.262. The molecule has 0 aromatic carbocycles. The van der Waals surface area contributed by atoms with E-state index in [4.69, 9.17) is 0 Å². The molecule has 1 N–H and O–H groups in total. The van der Waals surface area contributed by atoms with E-state index < -0.39 is 0 Å². The molecule has 0 aliphatic rings. The Balaban J connectivity index is 4.05. The van der Waals surface area contributed by atoms with E-state index >= 15 is 0 Å². The highest BCUT2D eigenvalue weighted by atomic mass is 32.2. The van der Waals surface area contributed by atoms with Crippen molar-refractivity contribution in [2.24, 2.45) is 0 Å². The summed E-state index contributed by atoms with van der Waals surface area (Å²) in [5, 5.41) is 2.79. The molecule has 0 aromatic rings. The van der Waals surface area contributed by atoms with Crippen molar-refractivity contribution in [2.45, 2.75) is 27.2 Å². The summed E-state index contributed by atoms with van der Waals surface area (Å²) < 4.78 is 0. The third-order valence-electron chi connectivity index (χ3n) is 1.65. The summed E-state index contributed by atoms with van der Waals surface area (Å²) in [4.78, 5) is 10.9. The van der Waals surface area contributed by atoms with Crippen molar-refractivity contribution < 1.29 is 4.79 Å². The molecule has 0 atom stereocenters. The Labute approximate surface area is 72.4 Å². The van der Waals surface area contributed by atoms with Crippen molar-refractivity contribution in [3.63, 3.8) is 0 Å². The molecule has 0 bridgehead atoms. The summed E-state index contributed by atoms with van der Waals surface area (Å²) in [6.07, 6.45) is 2.75. The van der Waals surface area contributed by atoms with Crippen LogP contribution in [0.4, 0.5) is 4.79 Å². The quantitative estimate of drug-likeness (QED) is 0.695. The molecule has 1 amide bonds. The van der Waals surface area contributed by atoms with Crippen LogP contribution >= 0.6 is 11.8 Å². The monoisotopic (exact) mass is 173 g/mol. The molecule has 64 valence electrons. The molecule has 11 heavy (non-hydrogen) atoms. The van der Waals surface area contributed by atoms with Crippen LogP contribution in [0.3, 0.4) is 0 Å². The molecule has 0 rings (SSSR count). The third-order valence-corrected chi connectivity index (χ3v) is 2.12. The molecule has 0 saturated heterocycles. The molecule has 0 heterocycles. The van der Waals surface area contributed by atoms with Gasteiger partial charge in [0.05, 0.1) is 0 Å². The Hall–Kier alpha value is -0.440. The van der Waals surface area contributed by atoms with Gasteiger partial charge in [-0.1, -0.05) is 24.3 Å². The minimum atomic E-state index is 0.00954. The van der Waals surface area contributed by atoms with Gasteiger partial charge in [0.25, 0.3) is 5.24 Å². The van der Waals surface area contributed by atoms with E-state index in [-0.39, 0.29) is 5.24 Å². The first kappa shape index (κ1) is 10.6. The van der Waals surface area contributed by atoms with Crippen molar-refractivity contribution in [2.75, 3.05) is 6.26 Å². The van der Waals surface area contributed by atoms with Crippen LogP contribution in [0.1, 0.15) is 27.2 Å². The Morgan fingerprint density at radius 3 is 2.36 bits per heavy atom. The number of carbonyl (C=O) groups excluding carboxylic acids is 1. The number of hydrogen-bond acceptors (Lipinski definition) is 2. The molecule has 0 aromatic heterocycles. The maximum Gasteiger partial charge on any atom is 0.282 e. The zero-order valence-corrected chi connectivity index (χ0v) is 8.34. The summed E-state index contributed by atoms with van der Waals surface area (Å²) in [5.74, 6) is 0. The molecule has 0 radical (unpaired) electrons. The normalized spacial score (nSPS) is 12.4.